The fourth-order valence-corrected chi connectivity index (χ4v) is 3.86. The lowest BCUT2D eigenvalue weighted by molar-refractivity contribution is 0.758. The Bertz CT molecular complexity index is 850. The number of thiophene rings is 1. The summed E-state index contributed by atoms with van der Waals surface area (Å²) in [5.41, 5.74) is 9.07. The van der Waals surface area contributed by atoms with Crippen molar-refractivity contribution < 1.29 is 0 Å². The molecule has 0 spiro atoms. The molecule has 0 aromatic carbocycles. The number of H-pyrrole nitrogens is 1. The van der Waals surface area contributed by atoms with Gasteiger partial charge in [0.2, 0.25) is 0 Å². The molecule has 1 atom stereocenters. The van der Waals surface area contributed by atoms with Crippen molar-refractivity contribution >= 4 is 27.4 Å². The van der Waals surface area contributed by atoms with Gasteiger partial charge in [-0.1, -0.05) is 0 Å². The maximum atomic E-state index is 5.69. The average molecular weight is 344 g/mol. The van der Waals surface area contributed by atoms with Crippen LogP contribution in [0.15, 0.2) is 6.07 Å². The van der Waals surface area contributed by atoms with Gasteiger partial charge in [0, 0.05) is 29.5 Å². The maximum Gasteiger partial charge on any atom is 0.139 e. The molecular formula is C17H24N6S. The average Bonchev–Trinajstić information content (AvgIpc) is 3.03. The van der Waals surface area contributed by atoms with Crippen molar-refractivity contribution in [1.29, 1.82) is 0 Å². The van der Waals surface area contributed by atoms with Gasteiger partial charge in [0.15, 0.2) is 0 Å². The second-order valence-electron chi connectivity index (χ2n) is 6.28. The summed E-state index contributed by atoms with van der Waals surface area (Å²) in [6, 6.07) is 2.30. The van der Waals surface area contributed by atoms with Crippen molar-refractivity contribution in [3.8, 4) is 0 Å². The zero-order valence-electron chi connectivity index (χ0n) is 14.6. The molecule has 0 fully saturated rings. The van der Waals surface area contributed by atoms with Crippen LogP contribution in [0.3, 0.4) is 0 Å². The van der Waals surface area contributed by atoms with E-state index in [1.807, 2.05) is 6.92 Å². The Balaban J connectivity index is 1.91. The number of anilines is 1. The van der Waals surface area contributed by atoms with Gasteiger partial charge in [-0.3, -0.25) is 5.10 Å². The van der Waals surface area contributed by atoms with Gasteiger partial charge in [-0.25, -0.2) is 9.97 Å². The van der Waals surface area contributed by atoms with E-state index in [1.54, 1.807) is 11.3 Å². The molecule has 6 nitrogen and oxygen atoms in total. The Labute approximate surface area is 145 Å². The third-order valence-corrected chi connectivity index (χ3v) is 5.20. The number of aromatic nitrogens is 4. The molecular weight excluding hydrogens is 320 g/mol. The summed E-state index contributed by atoms with van der Waals surface area (Å²) in [7, 11) is 0. The molecule has 7 heteroatoms. The number of nitrogens with two attached hydrogens (primary N) is 1. The molecule has 3 aromatic heterocycles. The Morgan fingerprint density at radius 3 is 2.75 bits per heavy atom. The number of aromatic amines is 1. The summed E-state index contributed by atoms with van der Waals surface area (Å²) in [6.07, 6.45) is 1.53. The van der Waals surface area contributed by atoms with E-state index in [0.717, 1.165) is 39.7 Å². The second-order valence-corrected chi connectivity index (χ2v) is 7.49. The lowest BCUT2D eigenvalue weighted by atomic mass is 10.1. The van der Waals surface area contributed by atoms with E-state index < -0.39 is 0 Å². The van der Waals surface area contributed by atoms with Gasteiger partial charge < -0.3 is 11.1 Å². The van der Waals surface area contributed by atoms with Crippen molar-refractivity contribution in [2.45, 2.75) is 46.6 Å². The van der Waals surface area contributed by atoms with Crippen LogP contribution in [0, 0.1) is 20.8 Å². The van der Waals surface area contributed by atoms with E-state index in [4.69, 9.17) is 10.7 Å². The molecule has 0 saturated heterocycles. The number of hydrogen-bond donors (Lipinski definition) is 3. The first-order chi connectivity index (χ1) is 11.5. The zero-order valence-corrected chi connectivity index (χ0v) is 15.4. The van der Waals surface area contributed by atoms with E-state index in [1.165, 1.54) is 10.4 Å². The van der Waals surface area contributed by atoms with Gasteiger partial charge in [0.25, 0.3) is 0 Å². The van der Waals surface area contributed by atoms with Crippen LogP contribution in [0.25, 0.3) is 10.2 Å². The topological polar surface area (TPSA) is 92.5 Å². The van der Waals surface area contributed by atoms with Crippen LogP contribution >= 0.6 is 11.3 Å². The Morgan fingerprint density at radius 1 is 1.29 bits per heavy atom. The van der Waals surface area contributed by atoms with Gasteiger partial charge in [-0.05, 0) is 45.9 Å². The first kappa shape index (κ1) is 16.9. The van der Waals surface area contributed by atoms with Gasteiger partial charge in [0.05, 0.1) is 11.1 Å². The van der Waals surface area contributed by atoms with Gasteiger partial charge in [-0.15, -0.1) is 11.3 Å². The Kier molecular flexibility index (Phi) is 4.82. The number of nitrogens with zero attached hydrogens (tertiary/aromatic N) is 3. The summed E-state index contributed by atoms with van der Waals surface area (Å²) in [6.45, 7) is 8.97. The highest BCUT2D eigenvalue weighted by molar-refractivity contribution is 7.18. The van der Waals surface area contributed by atoms with E-state index in [2.05, 4.69) is 47.3 Å². The number of rotatable bonds is 6. The highest BCUT2D eigenvalue weighted by Gasteiger charge is 2.16. The summed E-state index contributed by atoms with van der Waals surface area (Å²) in [5, 5.41) is 12.0. The fraction of sp³-hybridized carbons (Fsp3) is 0.471. The predicted octanol–water partition coefficient (Wildman–Crippen LogP) is 2.88. The lowest BCUT2D eigenvalue weighted by Crippen LogP contribution is -2.20. The quantitative estimate of drug-likeness (QED) is 0.639. The highest BCUT2D eigenvalue weighted by Crippen LogP contribution is 2.33. The first-order valence-corrected chi connectivity index (χ1v) is 9.03. The molecule has 3 aromatic rings. The number of fused-ring (bicyclic) bond motifs is 1. The third-order valence-electron chi connectivity index (χ3n) is 4.10. The second kappa shape index (κ2) is 6.86. The largest absolute Gasteiger partial charge is 0.367 e. The predicted molar refractivity (Wildman–Crippen MR) is 99.8 cm³/mol. The van der Waals surface area contributed by atoms with Crippen molar-refractivity contribution in [2.24, 2.45) is 5.73 Å². The van der Waals surface area contributed by atoms with Crippen LogP contribution < -0.4 is 11.1 Å². The lowest BCUT2D eigenvalue weighted by Gasteiger charge is -2.15. The van der Waals surface area contributed by atoms with Gasteiger partial charge in [-0.2, -0.15) is 5.10 Å². The maximum absolute atomic E-state index is 5.69. The SMILES string of the molecule is Cc1cc(CC(C)Nc2nc(CCN)nc3sc(C)c(C)c23)n[nH]1. The molecule has 3 heterocycles. The minimum absolute atomic E-state index is 0.219. The van der Waals surface area contributed by atoms with Crippen molar-refractivity contribution in [1.82, 2.24) is 20.2 Å². The van der Waals surface area contributed by atoms with Gasteiger partial charge >= 0.3 is 0 Å². The number of nitrogens with one attached hydrogen (secondary N) is 2. The fourth-order valence-electron chi connectivity index (χ4n) is 2.82. The van der Waals surface area contributed by atoms with Crippen LogP contribution in [-0.2, 0) is 12.8 Å². The van der Waals surface area contributed by atoms with E-state index in [-0.39, 0.29) is 6.04 Å². The summed E-state index contributed by atoms with van der Waals surface area (Å²) in [5.74, 6) is 1.71. The van der Waals surface area contributed by atoms with Crippen LogP contribution in [0.4, 0.5) is 5.82 Å². The van der Waals surface area contributed by atoms with Crippen molar-refractivity contribution in [3.63, 3.8) is 0 Å². The molecule has 0 aliphatic carbocycles. The normalized spacial score (nSPS) is 12.7. The molecule has 0 saturated carbocycles. The summed E-state index contributed by atoms with van der Waals surface area (Å²) < 4.78 is 0. The Hall–Kier alpha value is -1.99. The summed E-state index contributed by atoms with van der Waals surface area (Å²) >= 11 is 1.72. The molecule has 4 N–H and O–H groups in total. The number of aryl methyl sites for hydroxylation is 3. The molecule has 1 unspecified atom stereocenters. The smallest absolute Gasteiger partial charge is 0.139 e. The Morgan fingerprint density at radius 2 is 2.08 bits per heavy atom. The standard InChI is InChI=1S/C17H24N6S/c1-9(7-13-8-10(2)22-23-13)19-16-15-11(3)12(4)24-17(15)21-14(20-16)5-6-18/h8-9H,5-7,18H2,1-4H3,(H,22,23)(H,19,20,21). The van der Waals surface area contributed by atoms with Crippen molar-refractivity contribution in [3.05, 3.63) is 33.7 Å². The van der Waals surface area contributed by atoms with Crippen LogP contribution in [0.5, 0.6) is 0 Å². The molecule has 0 bridgehead atoms. The third kappa shape index (κ3) is 3.42. The molecule has 0 radical (unpaired) electrons. The van der Waals surface area contributed by atoms with Crippen LogP contribution in [0.1, 0.15) is 34.6 Å². The molecule has 24 heavy (non-hydrogen) atoms. The zero-order chi connectivity index (χ0) is 17.3. The van der Waals surface area contributed by atoms with E-state index >= 15 is 0 Å². The van der Waals surface area contributed by atoms with Crippen molar-refractivity contribution in [2.75, 3.05) is 11.9 Å². The van der Waals surface area contributed by atoms with Crippen LogP contribution in [-0.4, -0.2) is 32.8 Å². The monoisotopic (exact) mass is 344 g/mol. The van der Waals surface area contributed by atoms with Crippen LogP contribution in [0.2, 0.25) is 0 Å². The molecule has 0 aliphatic heterocycles. The van der Waals surface area contributed by atoms with E-state index in [0.29, 0.717) is 13.0 Å². The molecule has 128 valence electrons. The van der Waals surface area contributed by atoms with Gasteiger partial charge in [0.1, 0.15) is 16.5 Å². The first-order valence-electron chi connectivity index (χ1n) is 8.22. The summed E-state index contributed by atoms with van der Waals surface area (Å²) in [4.78, 5) is 11.7. The minimum Gasteiger partial charge on any atom is -0.367 e. The minimum atomic E-state index is 0.219. The number of hydrogen-bond acceptors (Lipinski definition) is 6. The molecule has 3 rings (SSSR count). The highest BCUT2D eigenvalue weighted by atomic mass is 32.1. The molecule has 0 aliphatic rings. The molecule has 0 amide bonds. The van der Waals surface area contributed by atoms with E-state index in [9.17, 15) is 0 Å².